The maximum Gasteiger partial charge on any atom is 0.313 e. The lowest BCUT2D eigenvalue weighted by Crippen LogP contribution is -2.27. The van der Waals surface area contributed by atoms with E-state index in [0.717, 1.165) is 23.1 Å². The zero-order valence-electron chi connectivity index (χ0n) is 18.8. The van der Waals surface area contributed by atoms with Crippen LogP contribution in [0.15, 0.2) is 78.9 Å². The molecule has 0 aliphatic heterocycles. The molecule has 1 amide bonds. The van der Waals surface area contributed by atoms with Gasteiger partial charge in [0.1, 0.15) is 0 Å². The van der Waals surface area contributed by atoms with Gasteiger partial charge in [-0.25, -0.2) is 0 Å². The van der Waals surface area contributed by atoms with E-state index < -0.39 is 0 Å². The molecule has 0 spiro atoms. The van der Waals surface area contributed by atoms with Crippen LogP contribution in [0, 0.1) is 6.92 Å². The second-order valence-electron chi connectivity index (χ2n) is 7.94. The van der Waals surface area contributed by atoms with Crippen LogP contribution in [0.3, 0.4) is 0 Å². The lowest BCUT2D eigenvalue weighted by atomic mass is 9.91. The summed E-state index contributed by atoms with van der Waals surface area (Å²) >= 11 is 0. The Hall–Kier alpha value is -3.40. The maximum atomic E-state index is 12.5. The molecular formula is C28H31NO3. The topological polar surface area (TPSA) is 55.4 Å². The van der Waals surface area contributed by atoms with E-state index in [2.05, 4.69) is 24.4 Å². The Morgan fingerprint density at radius 2 is 1.53 bits per heavy atom. The van der Waals surface area contributed by atoms with Gasteiger partial charge < -0.3 is 10.1 Å². The van der Waals surface area contributed by atoms with Crippen molar-refractivity contribution in [3.8, 4) is 0 Å². The summed E-state index contributed by atoms with van der Waals surface area (Å²) in [6.45, 7) is 4.89. The Morgan fingerprint density at radius 3 is 2.22 bits per heavy atom. The summed E-state index contributed by atoms with van der Waals surface area (Å²) in [5, 5.41) is 3.00. The molecule has 0 heterocycles. The molecule has 0 aliphatic carbocycles. The first kappa shape index (κ1) is 23.3. The van der Waals surface area contributed by atoms with Crippen LogP contribution in [0.2, 0.25) is 0 Å². The van der Waals surface area contributed by atoms with Gasteiger partial charge in [0.15, 0.2) is 0 Å². The lowest BCUT2D eigenvalue weighted by Gasteiger charge is -2.16. The Bertz CT molecular complexity index is 1010. The molecule has 4 nitrogen and oxygen atoms in total. The highest BCUT2D eigenvalue weighted by Crippen LogP contribution is 2.23. The number of rotatable bonds is 10. The number of hydrogen-bond donors (Lipinski definition) is 1. The monoisotopic (exact) mass is 429 g/mol. The number of carbonyl (C=O) groups is 2. The zero-order valence-corrected chi connectivity index (χ0v) is 18.8. The number of aryl methyl sites for hydroxylation is 1. The molecule has 166 valence electrons. The highest BCUT2D eigenvalue weighted by molar-refractivity contribution is 5.79. The van der Waals surface area contributed by atoms with Gasteiger partial charge in [0.2, 0.25) is 5.91 Å². The van der Waals surface area contributed by atoms with E-state index in [1.807, 2.05) is 73.7 Å². The van der Waals surface area contributed by atoms with Crippen LogP contribution in [0.1, 0.15) is 40.7 Å². The molecule has 1 unspecified atom stereocenters. The lowest BCUT2D eigenvalue weighted by molar-refractivity contribution is -0.145. The molecule has 4 heteroatoms. The third-order valence-electron chi connectivity index (χ3n) is 5.58. The second kappa shape index (κ2) is 11.8. The Kier molecular flexibility index (Phi) is 8.61. The number of benzene rings is 3. The average molecular weight is 430 g/mol. The Morgan fingerprint density at radius 1 is 0.875 bits per heavy atom. The van der Waals surface area contributed by atoms with Crippen molar-refractivity contribution in [2.24, 2.45) is 0 Å². The van der Waals surface area contributed by atoms with Crippen LogP contribution in [0.25, 0.3) is 0 Å². The molecule has 0 radical (unpaired) electrons. The van der Waals surface area contributed by atoms with E-state index in [4.69, 9.17) is 4.74 Å². The van der Waals surface area contributed by atoms with Crippen molar-refractivity contribution in [1.82, 2.24) is 5.32 Å². The van der Waals surface area contributed by atoms with E-state index in [1.165, 1.54) is 11.1 Å². The van der Waals surface area contributed by atoms with Crippen molar-refractivity contribution in [1.29, 1.82) is 0 Å². The summed E-state index contributed by atoms with van der Waals surface area (Å²) in [5.41, 5.74) is 5.44. The van der Waals surface area contributed by atoms with Crippen molar-refractivity contribution < 1.29 is 14.3 Å². The van der Waals surface area contributed by atoms with Crippen LogP contribution in [-0.4, -0.2) is 25.0 Å². The second-order valence-corrected chi connectivity index (χ2v) is 7.94. The minimum Gasteiger partial charge on any atom is -0.466 e. The first-order valence-electron chi connectivity index (χ1n) is 11.2. The van der Waals surface area contributed by atoms with Crippen LogP contribution < -0.4 is 5.32 Å². The van der Waals surface area contributed by atoms with Gasteiger partial charge in [0.05, 0.1) is 18.9 Å². The van der Waals surface area contributed by atoms with Crippen LogP contribution in [-0.2, 0) is 33.6 Å². The van der Waals surface area contributed by atoms with Crippen molar-refractivity contribution >= 4 is 11.9 Å². The third kappa shape index (κ3) is 6.81. The predicted octanol–water partition coefficient (Wildman–Crippen LogP) is 4.79. The van der Waals surface area contributed by atoms with Crippen molar-refractivity contribution in [2.45, 2.75) is 39.0 Å². The van der Waals surface area contributed by atoms with Crippen LogP contribution in [0.4, 0.5) is 0 Å². The number of carbonyl (C=O) groups excluding carboxylic acids is 2. The molecular weight excluding hydrogens is 398 g/mol. The zero-order chi connectivity index (χ0) is 22.8. The molecule has 0 aromatic heterocycles. The largest absolute Gasteiger partial charge is 0.466 e. The van der Waals surface area contributed by atoms with Crippen molar-refractivity contribution in [2.75, 3.05) is 13.2 Å². The maximum absolute atomic E-state index is 12.5. The first-order valence-corrected chi connectivity index (χ1v) is 11.2. The van der Waals surface area contributed by atoms with E-state index >= 15 is 0 Å². The van der Waals surface area contributed by atoms with Crippen molar-refractivity contribution in [3.05, 3.63) is 107 Å². The van der Waals surface area contributed by atoms with E-state index in [9.17, 15) is 9.59 Å². The van der Waals surface area contributed by atoms with Gasteiger partial charge >= 0.3 is 5.97 Å². The molecule has 3 rings (SSSR count). The van der Waals surface area contributed by atoms with Gasteiger partial charge in [-0.3, -0.25) is 9.59 Å². The molecule has 0 fully saturated rings. The van der Waals surface area contributed by atoms with E-state index in [-0.39, 0.29) is 17.8 Å². The fourth-order valence-corrected chi connectivity index (χ4v) is 3.77. The number of ether oxygens (including phenoxy) is 1. The highest BCUT2D eigenvalue weighted by Gasteiger charge is 2.22. The Labute approximate surface area is 190 Å². The molecule has 0 aliphatic rings. The Balaban J connectivity index is 1.54. The quantitative estimate of drug-likeness (QED) is 0.472. The summed E-state index contributed by atoms with van der Waals surface area (Å²) in [5.74, 6) is -0.539. The summed E-state index contributed by atoms with van der Waals surface area (Å²) in [4.78, 5) is 24.8. The van der Waals surface area contributed by atoms with Gasteiger partial charge in [-0.1, -0.05) is 78.9 Å². The standard InChI is InChI=1S/C28H31NO3/c1-3-32-28(31)26(25-11-5-4-6-12-25)19-22-13-15-23(16-14-22)20-27(30)29-18-17-24-10-8-7-9-21(24)2/h4-16,26H,3,17-20H2,1-2H3,(H,29,30). The fourth-order valence-electron chi connectivity index (χ4n) is 3.77. The summed E-state index contributed by atoms with van der Waals surface area (Å²) in [7, 11) is 0. The molecule has 3 aromatic carbocycles. The van der Waals surface area contributed by atoms with E-state index in [1.54, 1.807) is 0 Å². The summed E-state index contributed by atoms with van der Waals surface area (Å²) in [6, 6.07) is 25.9. The molecule has 1 atom stereocenters. The fraction of sp³-hybridized carbons (Fsp3) is 0.286. The summed E-state index contributed by atoms with van der Waals surface area (Å²) in [6.07, 6.45) is 1.73. The van der Waals surface area contributed by atoms with Gasteiger partial charge in [0.25, 0.3) is 0 Å². The average Bonchev–Trinajstić information content (AvgIpc) is 2.80. The minimum absolute atomic E-state index is 0.0139. The van der Waals surface area contributed by atoms with Gasteiger partial charge in [-0.2, -0.15) is 0 Å². The van der Waals surface area contributed by atoms with Crippen LogP contribution >= 0.6 is 0 Å². The molecule has 3 aromatic rings. The van der Waals surface area contributed by atoms with Gasteiger partial charge in [-0.05, 0) is 54.5 Å². The number of amides is 1. The number of nitrogens with one attached hydrogen (secondary N) is 1. The first-order chi connectivity index (χ1) is 15.6. The molecule has 0 saturated carbocycles. The molecule has 0 saturated heterocycles. The SMILES string of the molecule is CCOC(=O)C(Cc1ccc(CC(=O)NCCc2ccccc2C)cc1)c1ccccc1. The van der Waals surface area contributed by atoms with Crippen LogP contribution in [0.5, 0.6) is 0 Å². The normalized spacial score (nSPS) is 11.6. The van der Waals surface area contributed by atoms with Crippen molar-refractivity contribution in [3.63, 3.8) is 0 Å². The molecule has 1 N–H and O–H groups in total. The third-order valence-corrected chi connectivity index (χ3v) is 5.58. The summed E-state index contributed by atoms with van der Waals surface area (Å²) < 4.78 is 5.29. The van der Waals surface area contributed by atoms with Gasteiger partial charge in [0, 0.05) is 6.54 Å². The molecule has 0 bridgehead atoms. The highest BCUT2D eigenvalue weighted by atomic mass is 16.5. The minimum atomic E-state index is -0.341. The van der Waals surface area contributed by atoms with E-state index in [0.29, 0.717) is 26.0 Å². The smallest absolute Gasteiger partial charge is 0.313 e. The number of hydrogen-bond acceptors (Lipinski definition) is 3. The molecule has 32 heavy (non-hydrogen) atoms. The van der Waals surface area contributed by atoms with Gasteiger partial charge in [-0.15, -0.1) is 0 Å². The predicted molar refractivity (Wildman–Crippen MR) is 128 cm³/mol. The number of esters is 1.